The fourth-order valence-electron chi connectivity index (χ4n) is 1.89. The predicted molar refractivity (Wildman–Crippen MR) is 65.1 cm³/mol. The first-order valence-electron chi connectivity index (χ1n) is 4.68. The monoisotopic (exact) mass is 273 g/mol. The first kappa shape index (κ1) is 10.3. The third-order valence-electron chi connectivity index (χ3n) is 2.49. The highest BCUT2D eigenvalue weighted by Gasteiger charge is 2.34. The quantitative estimate of drug-likeness (QED) is 0.749. The van der Waals surface area contributed by atoms with Crippen LogP contribution >= 0.6 is 27.5 Å². The van der Waals surface area contributed by atoms with Crippen LogP contribution in [0.2, 0.25) is 5.02 Å². The third kappa shape index (κ3) is 1.91. The van der Waals surface area contributed by atoms with Gasteiger partial charge in [0.15, 0.2) is 0 Å². The van der Waals surface area contributed by atoms with Gasteiger partial charge >= 0.3 is 0 Å². The van der Waals surface area contributed by atoms with E-state index in [1.165, 1.54) is 0 Å². The van der Waals surface area contributed by atoms with Crippen LogP contribution in [0.25, 0.3) is 0 Å². The second-order valence-electron chi connectivity index (χ2n) is 4.62. The summed E-state index contributed by atoms with van der Waals surface area (Å²) in [6, 6.07) is 5.99. The molecule has 0 aromatic heterocycles. The van der Waals surface area contributed by atoms with E-state index >= 15 is 0 Å². The standard InChI is InChI=1S/C11H13BrClN/c1-11(2)6-14(7-11)10-5-8(12)3-4-9(10)13/h3-5H,6-7H2,1-2H3. The van der Waals surface area contributed by atoms with Crippen molar-refractivity contribution in [2.75, 3.05) is 18.0 Å². The Balaban J connectivity index is 2.22. The molecule has 14 heavy (non-hydrogen) atoms. The van der Waals surface area contributed by atoms with Crippen molar-refractivity contribution in [1.82, 2.24) is 0 Å². The lowest BCUT2D eigenvalue weighted by molar-refractivity contribution is 0.276. The summed E-state index contributed by atoms with van der Waals surface area (Å²) in [6.45, 7) is 6.72. The van der Waals surface area contributed by atoms with Gasteiger partial charge in [0.1, 0.15) is 0 Å². The van der Waals surface area contributed by atoms with E-state index in [1.54, 1.807) is 0 Å². The number of anilines is 1. The summed E-state index contributed by atoms with van der Waals surface area (Å²) in [5, 5.41) is 0.837. The van der Waals surface area contributed by atoms with Crippen molar-refractivity contribution in [2.45, 2.75) is 13.8 Å². The van der Waals surface area contributed by atoms with Crippen LogP contribution in [-0.2, 0) is 0 Å². The molecule has 0 unspecified atom stereocenters. The molecule has 0 atom stereocenters. The van der Waals surface area contributed by atoms with Gasteiger partial charge in [-0.1, -0.05) is 41.4 Å². The summed E-state index contributed by atoms with van der Waals surface area (Å²) in [5.41, 5.74) is 1.58. The highest BCUT2D eigenvalue weighted by atomic mass is 79.9. The van der Waals surface area contributed by atoms with Crippen LogP contribution in [0.3, 0.4) is 0 Å². The molecule has 3 heteroatoms. The lowest BCUT2D eigenvalue weighted by atomic mass is 9.84. The molecule has 1 aliphatic rings. The van der Waals surface area contributed by atoms with Crippen molar-refractivity contribution < 1.29 is 0 Å². The summed E-state index contributed by atoms with van der Waals surface area (Å²) in [5.74, 6) is 0. The molecule has 1 aromatic carbocycles. The second kappa shape index (κ2) is 3.42. The molecule has 2 rings (SSSR count). The smallest absolute Gasteiger partial charge is 0.0640 e. The molecule has 0 spiro atoms. The van der Waals surface area contributed by atoms with Crippen molar-refractivity contribution in [3.8, 4) is 0 Å². The van der Waals surface area contributed by atoms with E-state index in [0.29, 0.717) is 5.41 Å². The number of rotatable bonds is 1. The molecule has 0 bridgehead atoms. The van der Waals surface area contributed by atoms with Crippen LogP contribution in [0.5, 0.6) is 0 Å². The average Bonchev–Trinajstić information content (AvgIpc) is 2.05. The fraction of sp³-hybridized carbons (Fsp3) is 0.455. The largest absolute Gasteiger partial charge is 0.369 e. The third-order valence-corrected chi connectivity index (χ3v) is 3.30. The zero-order chi connectivity index (χ0) is 10.3. The van der Waals surface area contributed by atoms with Gasteiger partial charge in [-0.3, -0.25) is 0 Å². The lowest BCUT2D eigenvalue weighted by Crippen LogP contribution is -2.53. The highest BCUT2D eigenvalue weighted by Crippen LogP contribution is 2.38. The second-order valence-corrected chi connectivity index (χ2v) is 5.94. The van der Waals surface area contributed by atoms with Gasteiger partial charge < -0.3 is 4.90 Å². The van der Waals surface area contributed by atoms with Crippen LogP contribution in [-0.4, -0.2) is 13.1 Å². The number of hydrogen-bond donors (Lipinski definition) is 0. The first-order chi connectivity index (χ1) is 6.48. The van der Waals surface area contributed by atoms with Crippen LogP contribution in [0.1, 0.15) is 13.8 Å². The van der Waals surface area contributed by atoms with Gasteiger partial charge in [-0.05, 0) is 23.6 Å². The van der Waals surface area contributed by atoms with E-state index in [0.717, 1.165) is 28.3 Å². The molecule has 0 aliphatic carbocycles. The SMILES string of the molecule is CC1(C)CN(c2cc(Br)ccc2Cl)C1. The Morgan fingerprint density at radius 1 is 1.36 bits per heavy atom. The minimum absolute atomic E-state index is 0.436. The summed E-state index contributed by atoms with van der Waals surface area (Å²) in [6.07, 6.45) is 0. The van der Waals surface area contributed by atoms with E-state index in [4.69, 9.17) is 11.6 Å². The number of halogens is 2. The molecule has 1 aromatic rings. The molecular weight excluding hydrogens is 261 g/mol. The Labute approximate surface area is 98.2 Å². The molecule has 0 N–H and O–H groups in total. The normalized spacial score (nSPS) is 19.3. The van der Waals surface area contributed by atoms with Crippen LogP contribution in [0, 0.1) is 5.41 Å². The van der Waals surface area contributed by atoms with Gasteiger partial charge in [0, 0.05) is 17.6 Å². The van der Waals surface area contributed by atoms with E-state index in [1.807, 2.05) is 12.1 Å². The summed E-state index contributed by atoms with van der Waals surface area (Å²) >= 11 is 9.60. The zero-order valence-corrected chi connectivity index (χ0v) is 10.7. The zero-order valence-electron chi connectivity index (χ0n) is 8.35. The van der Waals surface area contributed by atoms with Crippen molar-refractivity contribution >= 4 is 33.2 Å². The Morgan fingerprint density at radius 2 is 2.00 bits per heavy atom. The van der Waals surface area contributed by atoms with Gasteiger partial charge in [0.2, 0.25) is 0 Å². The predicted octanol–water partition coefficient (Wildman–Crippen LogP) is 3.95. The van der Waals surface area contributed by atoms with Gasteiger partial charge in [-0.15, -0.1) is 0 Å². The van der Waals surface area contributed by atoms with E-state index in [9.17, 15) is 0 Å². The van der Waals surface area contributed by atoms with Crippen molar-refractivity contribution in [1.29, 1.82) is 0 Å². The van der Waals surface area contributed by atoms with Gasteiger partial charge in [-0.2, -0.15) is 0 Å². The molecule has 1 heterocycles. The number of benzene rings is 1. The van der Waals surface area contributed by atoms with Gasteiger partial charge in [-0.25, -0.2) is 0 Å². The van der Waals surface area contributed by atoms with Gasteiger partial charge in [0.05, 0.1) is 10.7 Å². The van der Waals surface area contributed by atoms with E-state index < -0.39 is 0 Å². The average molecular weight is 275 g/mol. The molecule has 0 radical (unpaired) electrons. The Kier molecular flexibility index (Phi) is 2.52. The highest BCUT2D eigenvalue weighted by molar-refractivity contribution is 9.10. The van der Waals surface area contributed by atoms with Crippen LogP contribution in [0.4, 0.5) is 5.69 Å². The van der Waals surface area contributed by atoms with E-state index in [2.05, 4.69) is 40.7 Å². The van der Waals surface area contributed by atoms with Crippen molar-refractivity contribution in [3.63, 3.8) is 0 Å². The maximum absolute atomic E-state index is 6.13. The van der Waals surface area contributed by atoms with Crippen molar-refractivity contribution in [3.05, 3.63) is 27.7 Å². The molecule has 1 saturated heterocycles. The molecular formula is C11H13BrClN. The molecule has 0 saturated carbocycles. The Bertz CT molecular complexity index is 354. The number of hydrogen-bond acceptors (Lipinski definition) is 1. The summed E-state index contributed by atoms with van der Waals surface area (Å²) < 4.78 is 1.08. The molecule has 1 fully saturated rings. The summed E-state index contributed by atoms with van der Waals surface area (Å²) in [7, 11) is 0. The minimum atomic E-state index is 0.436. The topological polar surface area (TPSA) is 3.24 Å². The minimum Gasteiger partial charge on any atom is -0.369 e. The molecule has 1 aliphatic heterocycles. The maximum atomic E-state index is 6.13. The van der Waals surface area contributed by atoms with Crippen LogP contribution < -0.4 is 4.90 Å². The van der Waals surface area contributed by atoms with Crippen LogP contribution in [0.15, 0.2) is 22.7 Å². The molecule has 76 valence electrons. The lowest BCUT2D eigenvalue weighted by Gasteiger charge is -2.47. The molecule has 1 nitrogen and oxygen atoms in total. The maximum Gasteiger partial charge on any atom is 0.0640 e. The fourth-order valence-corrected chi connectivity index (χ4v) is 2.47. The Hall–Kier alpha value is -0.210. The van der Waals surface area contributed by atoms with E-state index in [-0.39, 0.29) is 0 Å². The first-order valence-corrected chi connectivity index (χ1v) is 5.85. The molecule has 0 amide bonds. The van der Waals surface area contributed by atoms with Gasteiger partial charge in [0.25, 0.3) is 0 Å². The summed E-state index contributed by atoms with van der Waals surface area (Å²) in [4.78, 5) is 2.31. The number of nitrogens with zero attached hydrogens (tertiary/aromatic N) is 1. The Morgan fingerprint density at radius 3 is 2.57 bits per heavy atom. The van der Waals surface area contributed by atoms with Crippen molar-refractivity contribution in [2.24, 2.45) is 5.41 Å².